The number of aromatic nitrogens is 1. The molecular weight excluding hydrogens is 198 g/mol. The number of hydrogen-bond donors (Lipinski definition) is 3. The van der Waals surface area contributed by atoms with Gasteiger partial charge in [0.05, 0.1) is 0 Å². The lowest BCUT2D eigenvalue weighted by Gasteiger charge is -1.98. The van der Waals surface area contributed by atoms with Crippen LogP contribution in [0.4, 0.5) is 0 Å². The molecule has 0 unspecified atom stereocenters. The normalized spacial score (nSPS) is 9.43. The fourth-order valence-corrected chi connectivity index (χ4v) is 1.43. The summed E-state index contributed by atoms with van der Waals surface area (Å²) >= 11 is 1.25. The molecule has 1 rings (SSSR count). The highest BCUT2D eigenvalue weighted by Gasteiger charge is 1.97. The lowest BCUT2D eigenvalue weighted by molar-refractivity contribution is 1.25. The number of nitrogens with one attached hydrogen (secondary N) is 1. The zero-order valence-electron chi connectivity index (χ0n) is 7.47. The van der Waals surface area contributed by atoms with Crippen molar-refractivity contribution < 1.29 is 0 Å². The molecule has 0 radical (unpaired) electrons. The molecule has 74 valence electrons. The van der Waals surface area contributed by atoms with Crippen molar-refractivity contribution in [1.82, 2.24) is 4.98 Å². The molecule has 0 aromatic carbocycles. The van der Waals surface area contributed by atoms with Gasteiger partial charge < -0.3 is 11.5 Å². The van der Waals surface area contributed by atoms with Crippen LogP contribution in [0.2, 0.25) is 0 Å². The molecule has 14 heavy (non-hydrogen) atoms. The van der Waals surface area contributed by atoms with Crippen LogP contribution in [-0.2, 0) is 5.75 Å². The largest absolute Gasteiger partial charge is 0.370 e. The molecule has 0 saturated heterocycles. The Kier molecular flexibility index (Phi) is 3.93. The number of pyridine rings is 1. The van der Waals surface area contributed by atoms with E-state index in [4.69, 9.17) is 16.9 Å². The summed E-state index contributed by atoms with van der Waals surface area (Å²) in [5.74, 6) is 0.553. The van der Waals surface area contributed by atoms with Crippen LogP contribution < -0.4 is 11.5 Å². The van der Waals surface area contributed by atoms with Crippen LogP contribution in [0.25, 0.3) is 0 Å². The van der Waals surface area contributed by atoms with Crippen LogP contribution in [-0.4, -0.2) is 16.1 Å². The summed E-state index contributed by atoms with van der Waals surface area (Å²) in [6, 6.07) is 3.78. The maximum absolute atomic E-state index is 7.36. The molecular formula is C8H11N5S. The van der Waals surface area contributed by atoms with Crippen molar-refractivity contribution in [3.05, 3.63) is 30.1 Å². The predicted molar refractivity (Wildman–Crippen MR) is 59.1 cm³/mol. The standard InChI is InChI=1S/C8H11N5S/c9-7(10)13-8(11)14-5-6-2-1-3-12-4-6/h1-4H,5H2,(H5,9,10,11,13). The maximum Gasteiger partial charge on any atom is 0.193 e. The van der Waals surface area contributed by atoms with Gasteiger partial charge in [-0.2, -0.15) is 4.99 Å². The van der Waals surface area contributed by atoms with Crippen LogP contribution in [0.15, 0.2) is 29.5 Å². The molecule has 6 heteroatoms. The molecule has 1 aromatic heterocycles. The Balaban J connectivity index is 2.42. The Morgan fingerprint density at radius 3 is 2.93 bits per heavy atom. The molecule has 0 bridgehead atoms. The minimum absolute atomic E-state index is 0.0892. The number of nitrogens with zero attached hydrogens (tertiary/aromatic N) is 2. The van der Waals surface area contributed by atoms with Gasteiger partial charge in [-0.05, 0) is 11.6 Å². The van der Waals surface area contributed by atoms with E-state index in [2.05, 4.69) is 9.98 Å². The molecule has 0 spiro atoms. The van der Waals surface area contributed by atoms with Crippen LogP contribution in [0.5, 0.6) is 0 Å². The summed E-state index contributed by atoms with van der Waals surface area (Å²) in [5.41, 5.74) is 11.3. The summed E-state index contributed by atoms with van der Waals surface area (Å²) in [5, 5.41) is 7.47. The minimum Gasteiger partial charge on any atom is -0.370 e. The number of rotatable bonds is 2. The van der Waals surface area contributed by atoms with Crippen LogP contribution >= 0.6 is 11.8 Å². The highest BCUT2D eigenvalue weighted by Crippen LogP contribution is 2.12. The van der Waals surface area contributed by atoms with Crippen molar-refractivity contribution in [2.45, 2.75) is 5.75 Å². The summed E-state index contributed by atoms with van der Waals surface area (Å²) in [6.07, 6.45) is 3.45. The molecule has 5 N–H and O–H groups in total. The van der Waals surface area contributed by atoms with Crippen LogP contribution in [0, 0.1) is 5.41 Å². The third kappa shape index (κ3) is 3.90. The maximum atomic E-state index is 7.36. The lowest BCUT2D eigenvalue weighted by Crippen LogP contribution is -2.23. The lowest BCUT2D eigenvalue weighted by atomic mass is 10.3. The molecule has 0 aliphatic carbocycles. The number of aliphatic imine (C=N–C) groups is 1. The second-order valence-electron chi connectivity index (χ2n) is 2.49. The number of guanidine groups is 1. The van der Waals surface area contributed by atoms with Gasteiger partial charge in [-0.25, -0.2) is 0 Å². The average Bonchev–Trinajstić information content (AvgIpc) is 2.15. The van der Waals surface area contributed by atoms with Gasteiger partial charge in [0, 0.05) is 18.1 Å². The number of thioether (sulfide) groups is 1. The molecule has 1 heterocycles. The number of nitrogens with two attached hydrogens (primary N) is 2. The zero-order valence-corrected chi connectivity index (χ0v) is 8.29. The van der Waals surface area contributed by atoms with Gasteiger partial charge in [0.2, 0.25) is 0 Å². The van der Waals surface area contributed by atoms with Crippen molar-refractivity contribution in [3.8, 4) is 0 Å². The van der Waals surface area contributed by atoms with Crippen molar-refractivity contribution in [2.24, 2.45) is 16.5 Å². The Bertz CT molecular complexity index is 331. The molecule has 0 amide bonds. The van der Waals surface area contributed by atoms with Crippen molar-refractivity contribution in [1.29, 1.82) is 5.41 Å². The minimum atomic E-state index is -0.0892. The Morgan fingerprint density at radius 2 is 2.36 bits per heavy atom. The molecule has 0 aliphatic rings. The van der Waals surface area contributed by atoms with Crippen molar-refractivity contribution in [3.63, 3.8) is 0 Å². The summed E-state index contributed by atoms with van der Waals surface area (Å²) < 4.78 is 0. The second-order valence-corrected chi connectivity index (χ2v) is 3.46. The van der Waals surface area contributed by atoms with Gasteiger partial charge in [-0.1, -0.05) is 17.8 Å². The van der Waals surface area contributed by atoms with Gasteiger partial charge in [-0.3, -0.25) is 10.4 Å². The fraction of sp³-hybridized carbons (Fsp3) is 0.125. The summed E-state index contributed by atoms with van der Waals surface area (Å²) in [7, 11) is 0. The molecule has 0 atom stereocenters. The van der Waals surface area contributed by atoms with Crippen molar-refractivity contribution in [2.75, 3.05) is 0 Å². The van der Waals surface area contributed by atoms with Gasteiger partial charge in [0.1, 0.15) is 0 Å². The monoisotopic (exact) mass is 209 g/mol. The van der Waals surface area contributed by atoms with E-state index in [1.807, 2.05) is 12.1 Å². The van der Waals surface area contributed by atoms with E-state index in [1.165, 1.54) is 11.8 Å². The van der Waals surface area contributed by atoms with Gasteiger partial charge >= 0.3 is 0 Å². The first-order chi connectivity index (χ1) is 6.68. The number of amidine groups is 1. The van der Waals surface area contributed by atoms with Gasteiger partial charge in [0.15, 0.2) is 11.1 Å². The van der Waals surface area contributed by atoms with E-state index in [0.717, 1.165) is 5.56 Å². The average molecular weight is 209 g/mol. The molecule has 0 aliphatic heterocycles. The molecule has 0 saturated carbocycles. The highest BCUT2D eigenvalue weighted by molar-refractivity contribution is 8.13. The second kappa shape index (κ2) is 5.23. The predicted octanol–water partition coefficient (Wildman–Crippen LogP) is 0.523. The van der Waals surface area contributed by atoms with E-state index in [9.17, 15) is 0 Å². The third-order valence-electron chi connectivity index (χ3n) is 1.33. The molecule has 1 aromatic rings. The SMILES string of the molecule is N=C(N=C(N)N)SCc1cccnc1. The first-order valence-electron chi connectivity index (χ1n) is 3.88. The van der Waals surface area contributed by atoms with Gasteiger partial charge in [-0.15, -0.1) is 0 Å². The Hall–Kier alpha value is -1.56. The Labute approximate surface area is 86.1 Å². The van der Waals surface area contributed by atoms with E-state index in [1.54, 1.807) is 12.4 Å². The topological polar surface area (TPSA) is 101 Å². The van der Waals surface area contributed by atoms with E-state index < -0.39 is 0 Å². The molecule has 0 fully saturated rings. The fourth-order valence-electron chi connectivity index (χ4n) is 0.785. The first-order valence-corrected chi connectivity index (χ1v) is 4.87. The first kappa shape index (κ1) is 10.5. The summed E-state index contributed by atoms with van der Waals surface area (Å²) in [6.45, 7) is 0. The van der Waals surface area contributed by atoms with Gasteiger partial charge in [0.25, 0.3) is 0 Å². The quantitative estimate of drug-likeness (QED) is 0.488. The third-order valence-corrected chi connectivity index (χ3v) is 2.17. The van der Waals surface area contributed by atoms with E-state index in [-0.39, 0.29) is 11.1 Å². The van der Waals surface area contributed by atoms with Crippen LogP contribution in [0.1, 0.15) is 5.56 Å². The van der Waals surface area contributed by atoms with E-state index in [0.29, 0.717) is 5.75 Å². The Morgan fingerprint density at radius 1 is 1.57 bits per heavy atom. The molecule has 5 nitrogen and oxygen atoms in total. The summed E-state index contributed by atoms with van der Waals surface area (Å²) in [4.78, 5) is 7.55. The highest BCUT2D eigenvalue weighted by atomic mass is 32.2. The number of hydrogen-bond acceptors (Lipinski definition) is 3. The van der Waals surface area contributed by atoms with Crippen molar-refractivity contribution >= 4 is 22.9 Å². The zero-order chi connectivity index (χ0) is 10.4. The van der Waals surface area contributed by atoms with E-state index >= 15 is 0 Å². The smallest absolute Gasteiger partial charge is 0.193 e. The van der Waals surface area contributed by atoms with Crippen LogP contribution in [0.3, 0.4) is 0 Å².